The van der Waals surface area contributed by atoms with Crippen molar-refractivity contribution in [2.75, 3.05) is 13.2 Å². The van der Waals surface area contributed by atoms with Gasteiger partial charge in [0.05, 0.1) is 18.8 Å². The molecule has 21 heavy (non-hydrogen) atoms. The van der Waals surface area contributed by atoms with Gasteiger partial charge in [-0.25, -0.2) is 0 Å². The Labute approximate surface area is 124 Å². The molecule has 2 atom stereocenters. The van der Waals surface area contributed by atoms with Gasteiger partial charge in [0.25, 0.3) is 5.91 Å². The molecule has 0 bridgehead atoms. The third kappa shape index (κ3) is 2.23. The molecule has 2 aliphatic rings. The van der Waals surface area contributed by atoms with Gasteiger partial charge in [-0.2, -0.15) is 0 Å². The first-order valence-electron chi connectivity index (χ1n) is 7.83. The van der Waals surface area contributed by atoms with Gasteiger partial charge < -0.3 is 14.6 Å². The second kappa shape index (κ2) is 5.19. The highest BCUT2D eigenvalue weighted by molar-refractivity contribution is 5.98. The van der Waals surface area contributed by atoms with E-state index < -0.39 is 0 Å². The molecule has 1 aromatic carbocycles. The fourth-order valence-corrected chi connectivity index (χ4v) is 3.70. The molecule has 1 aromatic heterocycles. The Hall–Kier alpha value is -1.81. The number of H-pyrrole nitrogens is 1. The topological polar surface area (TPSA) is 45.3 Å². The number of nitrogens with one attached hydrogen (secondary N) is 1. The maximum Gasteiger partial charge on any atom is 0.254 e. The zero-order chi connectivity index (χ0) is 14.2. The molecule has 1 amide bonds. The summed E-state index contributed by atoms with van der Waals surface area (Å²) in [5, 5.41) is 1.14. The first-order valence-corrected chi connectivity index (χ1v) is 7.83. The minimum absolute atomic E-state index is 0.145. The molecular weight excluding hydrogens is 264 g/mol. The number of ether oxygens (including phenoxy) is 1. The van der Waals surface area contributed by atoms with Crippen LogP contribution >= 0.6 is 0 Å². The number of amides is 1. The number of nitrogens with zero attached hydrogens (tertiary/aromatic N) is 1. The molecule has 0 radical (unpaired) electrons. The highest BCUT2D eigenvalue weighted by Gasteiger charge is 2.36. The lowest BCUT2D eigenvalue weighted by atomic mass is 9.89. The van der Waals surface area contributed by atoms with Crippen LogP contribution in [0.3, 0.4) is 0 Å². The molecule has 2 aromatic rings. The average molecular weight is 284 g/mol. The molecule has 0 spiro atoms. The van der Waals surface area contributed by atoms with Crippen molar-refractivity contribution in [2.24, 2.45) is 0 Å². The van der Waals surface area contributed by atoms with Gasteiger partial charge in [-0.05, 0) is 36.4 Å². The number of hydrogen-bond donors (Lipinski definition) is 1. The predicted octanol–water partition coefficient (Wildman–Crippen LogP) is 2.95. The van der Waals surface area contributed by atoms with Gasteiger partial charge in [-0.1, -0.05) is 18.9 Å². The van der Waals surface area contributed by atoms with Crippen LogP contribution in [-0.4, -0.2) is 41.1 Å². The number of morpholine rings is 1. The number of aromatic nitrogens is 1. The van der Waals surface area contributed by atoms with Gasteiger partial charge in [-0.15, -0.1) is 0 Å². The quantitative estimate of drug-likeness (QED) is 0.875. The zero-order valence-corrected chi connectivity index (χ0v) is 12.0. The maximum atomic E-state index is 12.9. The van der Waals surface area contributed by atoms with Crippen LogP contribution in [0, 0.1) is 0 Å². The van der Waals surface area contributed by atoms with Crippen molar-refractivity contribution < 1.29 is 9.53 Å². The summed E-state index contributed by atoms with van der Waals surface area (Å²) in [5.41, 5.74) is 1.80. The third-order valence-corrected chi connectivity index (χ3v) is 4.79. The van der Waals surface area contributed by atoms with Gasteiger partial charge in [0.2, 0.25) is 0 Å². The van der Waals surface area contributed by atoms with Crippen LogP contribution < -0.4 is 0 Å². The van der Waals surface area contributed by atoms with E-state index in [0.717, 1.165) is 29.3 Å². The maximum absolute atomic E-state index is 12.9. The summed E-state index contributed by atoms with van der Waals surface area (Å²) in [6.07, 6.45) is 6.73. The van der Waals surface area contributed by atoms with E-state index in [4.69, 9.17) is 4.74 Å². The second-order valence-corrected chi connectivity index (χ2v) is 6.04. The van der Waals surface area contributed by atoms with E-state index in [1.165, 1.54) is 12.8 Å². The standard InChI is InChI=1S/C17H20N2O2/c20-17(13-6-5-12-7-8-18-14(12)11-13)19-9-10-21-16-4-2-1-3-15(16)19/h5-8,11,15-16,18H,1-4,9-10H2/t15-,16+/m0/s1. The van der Waals surface area contributed by atoms with E-state index in [1.54, 1.807) is 0 Å². The smallest absolute Gasteiger partial charge is 0.254 e. The number of carbonyl (C=O) groups excluding carboxylic acids is 1. The van der Waals surface area contributed by atoms with E-state index in [1.807, 2.05) is 35.4 Å². The summed E-state index contributed by atoms with van der Waals surface area (Å²) < 4.78 is 5.86. The Balaban J connectivity index is 1.63. The summed E-state index contributed by atoms with van der Waals surface area (Å²) in [5.74, 6) is 0.145. The van der Waals surface area contributed by atoms with E-state index in [0.29, 0.717) is 13.2 Å². The van der Waals surface area contributed by atoms with Crippen molar-refractivity contribution in [2.45, 2.75) is 37.8 Å². The normalized spacial score (nSPS) is 25.8. The largest absolute Gasteiger partial charge is 0.374 e. The van der Waals surface area contributed by atoms with E-state index >= 15 is 0 Å². The van der Waals surface area contributed by atoms with Crippen LogP contribution in [0.15, 0.2) is 30.5 Å². The SMILES string of the molecule is O=C(c1ccc2cc[nH]c2c1)N1CCO[C@@H]2CCCC[C@@H]21. The molecule has 1 aliphatic heterocycles. The summed E-state index contributed by atoms with van der Waals surface area (Å²) in [7, 11) is 0. The number of carbonyl (C=O) groups is 1. The Kier molecular flexibility index (Phi) is 3.19. The van der Waals surface area contributed by atoms with Crippen molar-refractivity contribution in [3.8, 4) is 0 Å². The Morgan fingerprint density at radius 2 is 2.14 bits per heavy atom. The van der Waals surface area contributed by atoms with Crippen LogP contribution in [0.5, 0.6) is 0 Å². The minimum atomic E-state index is 0.145. The zero-order valence-electron chi connectivity index (χ0n) is 12.0. The number of benzene rings is 1. The van der Waals surface area contributed by atoms with Crippen LogP contribution in [0.1, 0.15) is 36.0 Å². The first kappa shape index (κ1) is 12.9. The number of hydrogen-bond acceptors (Lipinski definition) is 2. The molecule has 1 saturated heterocycles. The highest BCUT2D eigenvalue weighted by Crippen LogP contribution is 2.29. The summed E-state index contributed by atoms with van der Waals surface area (Å²) >= 11 is 0. The van der Waals surface area contributed by atoms with Crippen LogP contribution in [0.25, 0.3) is 10.9 Å². The number of fused-ring (bicyclic) bond motifs is 2. The van der Waals surface area contributed by atoms with Crippen molar-refractivity contribution in [1.82, 2.24) is 9.88 Å². The lowest BCUT2D eigenvalue weighted by molar-refractivity contribution is -0.0752. The molecule has 2 fully saturated rings. The fourth-order valence-electron chi connectivity index (χ4n) is 3.70. The molecule has 2 heterocycles. The highest BCUT2D eigenvalue weighted by atomic mass is 16.5. The Morgan fingerprint density at radius 1 is 1.24 bits per heavy atom. The second-order valence-electron chi connectivity index (χ2n) is 6.04. The van der Waals surface area contributed by atoms with Gasteiger partial charge in [0, 0.05) is 23.8 Å². The lowest BCUT2D eigenvalue weighted by Crippen LogP contribution is -2.54. The number of aromatic amines is 1. The van der Waals surface area contributed by atoms with Crippen molar-refractivity contribution in [1.29, 1.82) is 0 Å². The third-order valence-electron chi connectivity index (χ3n) is 4.79. The van der Waals surface area contributed by atoms with Gasteiger partial charge >= 0.3 is 0 Å². The molecule has 1 aliphatic carbocycles. The minimum Gasteiger partial charge on any atom is -0.374 e. The molecule has 110 valence electrons. The van der Waals surface area contributed by atoms with Crippen molar-refractivity contribution in [3.05, 3.63) is 36.0 Å². The monoisotopic (exact) mass is 284 g/mol. The van der Waals surface area contributed by atoms with E-state index in [2.05, 4.69) is 4.98 Å². The van der Waals surface area contributed by atoms with Crippen LogP contribution in [0.2, 0.25) is 0 Å². The first-order chi connectivity index (χ1) is 10.3. The molecule has 1 N–H and O–H groups in total. The van der Waals surface area contributed by atoms with Crippen molar-refractivity contribution in [3.63, 3.8) is 0 Å². The Bertz CT molecular complexity index is 662. The Morgan fingerprint density at radius 3 is 3.10 bits per heavy atom. The van der Waals surface area contributed by atoms with E-state index in [-0.39, 0.29) is 18.1 Å². The van der Waals surface area contributed by atoms with Crippen molar-refractivity contribution >= 4 is 16.8 Å². The summed E-state index contributed by atoms with van der Waals surface area (Å²) in [4.78, 5) is 18.1. The van der Waals surface area contributed by atoms with E-state index in [9.17, 15) is 4.79 Å². The summed E-state index contributed by atoms with van der Waals surface area (Å²) in [6.45, 7) is 1.38. The van der Waals surface area contributed by atoms with Gasteiger partial charge in [0.1, 0.15) is 0 Å². The molecule has 4 heteroatoms. The average Bonchev–Trinajstić information content (AvgIpc) is 3.01. The molecule has 4 nitrogen and oxygen atoms in total. The predicted molar refractivity (Wildman–Crippen MR) is 81.3 cm³/mol. The fraction of sp³-hybridized carbons (Fsp3) is 0.471. The van der Waals surface area contributed by atoms with Gasteiger partial charge in [-0.3, -0.25) is 4.79 Å². The lowest BCUT2D eigenvalue weighted by Gasteiger charge is -2.43. The van der Waals surface area contributed by atoms with Crippen LogP contribution in [0.4, 0.5) is 0 Å². The molecular formula is C17H20N2O2. The number of rotatable bonds is 1. The summed E-state index contributed by atoms with van der Waals surface area (Å²) in [6, 6.07) is 8.20. The van der Waals surface area contributed by atoms with Gasteiger partial charge in [0.15, 0.2) is 0 Å². The van der Waals surface area contributed by atoms with Crippen LogP contribution in [-0.2, 0) is 4.74 Å². The molecule has 1 saturated carbocycles. The molecule has 4 rings (SSSR count). The molecule has 0 unspecified atom stereocenters.